The molecule has 0 saturated heterocycles. The molecule has 2 N–H and O–H groups in total. The van der Waals surface area contributed by atoms with Crippen LogP contribution in [0.3, 0.4) is 0 Å². The normalized spacial score (nSPS) is 24.8. The Balaban J connectivity index is 2.06. The van der Waals surface area contributed by atoms with Gasteiger partial charge < -0.3 is 15.2 Å². The van der Waals surface area contributed by atoms with Crippen molar-refractivity contribution in [2.45, 2.75) is 44.4 Å². The molecule has 2 unspecified atom stereocenters. The molecular formula is C18H18N2O4. The molecule has 2 aliphatic rings. The number of carbonyl (C=O) groups excluding carboxylic acids is 2. The molecule has 24 heavy (non-hydrogen) atoms. The van der Waals surface area contributed by atoms with Gasteiger partial charge in [0, 0.05) is 17.7 Å². The third-order valence-electron chi connectivity index (χ3n) is 4.55. The maximum Gasteiger partial charge on any atom is 0.168 e. The fraction of sp³-hybridized carbons (Fsp3) is 0.389. The van der Waals surface area contributed by atoms with Gasteiger partial charge in [-0.1, -0.05) is 0 Å². The van der Waals surface area contributed by atoms with Gasteiger partial charge in [0.1, 0.15) is 17.5 Å². The third kappa shape index (κ3) is 2.57. The summed E-state index contributed by atoms with van der Waals surface area (Å²) in [5.41, 5.74) is 0.888. The predicted octanol–water partition coefficient (Wildman–Crippen LogP) is 1.54. The molecular weight excluding hydrogens is 308 g/mol. The van der Waals surface area contributed by atoms with Crippen molar-refractivity contribution in [1.29, 1.82) is 5.26 Å². The number of aliphatic hydroxyl groups excluding tert-OH is 1. The maximum atomic E-state index is 11.8. The highest BCUT2D eigenvalue weighted by Crippen LogP contribution is 2.41. The zero-order chi connectivity index (χ0) is 17.5. The zero-order valence-corrected chi connectivity index (χ0v) is 13.5. The Bertz CT molecular complexity index is 789. The first kappa shape index (κ1) is 16.2. The number of ketones is 1. The van der Waals surface area contributed by atoms with E-state index >= 15 is 0 Å². The first-order valence-electron chi connectivity index (χ1n) is 7.76. The summed E-state index contributed by atoms with van der Waals surface area (Å²) in [6, 6.07) is 6.50. The second-order valence-corrected chi connectivity index (χ2v) is 6.57. The molecule has 0 spiro atoms. The van der Waals surface area contributed by atoms with Crippen molar-refractivity contribution in [3.63, 3.8) is 0 Å². The molecule has 1 heterocycles. The van der Waals surface area contributed by atoms with Crippen molar-refractivity contribution in [2.24, 2.45) is 0 Å². The van der Waals surface area contributed by atoms with Crippen molar-refractivity contribution in [3.05, 3.63) is 40.6 Å². The Morgan fingerprint density at radius 2 is 2.17 bits per heavy atom. The molecule has 0 bridgehead atoms. The van der Waals surface area contributed by atoms with Crippen LogP contribution < -0.4 is 10.1 Å². The Morgan fingerprint density at radius 3 is 2.83 bits per heavy atom. The lowest BCUT2D eigenvalue weighted by Crippen LogP contribution is -2.52. The van der Waals surface area contributed by atoms with E-state index in [2.05, 4.69) is 11.4 Å². The van der Waals surface area contributed by atoms with Gasteiger partial charge in [0.2, 0.25) is 0 Å². The van der Waals surface area contributed by atoms with E-state index < -0.39 is 17.7 Å². The van der Waals surface area contributed by atoms with E-state index in [4.69, 9.17) is 10.00 Å². The number of allylic oxidation sites excluding steroid dienone is 2. The molecule has 1 aliphatic heterocycles. The van der Waals surface area contributed by atoms with Gasteiger partial charge in [0.05, 0.1) is 23.2 Å². The summed E-state index contributed by atoms with van der Waals surface area (Å²) in [5.74, 6) is 0.374. The zero-order valence-electron chi connectivity index (χ0n) is 13.5. The monoisotopic (exact) mass is 326 g/mol. The van der Waals surface area contributed by atoms with Gasteiger partial charge in [-0.15, -0.1) is 0 Å². The second-order valence-electron chi connectivity index (χ2n) is 6.57. The van der Waals surface area contributed by atoms with E-state index in [0.29, 0.717) is 35.3 Å². The number of aliphatic hydroxyl groups is 1. The molecule has 0 saturated carbocycles. The number of hydrogen-bond acceptors (Lipinski definition) is 6. The quantitative estimate of drug-likeness (QED) is 0.645. The van der Waals surface area contributed by atoms with E-state index in [9.17, 15) is 14.7 Å². The fourth-order valence-corrected chi connectivity index (χ4v) is 3.18. The smallest absolute Gasteiger partial charge is 0.168 e. The van der Waals surface area contributed by atoms with Crippen LogP contribution in [-0.2, 0) is 9.59 Å². The second kappa shape index (κ2) is 5.77. The Kier molecular flexibility index (Phi) is 3.90. The molecule has 6 nitrogen and oxygen atoms in total. The van der Waals surface area contributed by atoms with Crippen LogP contribution in [0, 0.1) is 11.3 Å². The lowest BCUT2D eigenvalue weighted by molar-refractivity contribution is -0.116. The number of aldehydes is 1. The molecule has 0 radical (unpaired) electrons. The number of carbonyl (C=O) groups is 2. The molecule has 124 valence electrons. The van der Waals surface area contributed by atoms with Gasteiger partial charge in [-0.2, -0.15) is 5.26 Å². The molecule has 1 aliphatic carbocycles. The van der Waals surface area contributed by atoms with Crippen LogP contribution in [0.2, 0.25) is 0 Å². The summed E-state index contributed by atoms with van der Waals surface area (Å²) in [6.45, 7) is 3.53. The molecule has 0 fully saturated rings. The van der Waals surface area contributed by atoms with Crippen molar-refractivity contribution < 1.29 is 19.4 Å². The minimum atomic E-state index is -0.921. The summed E-state index contributed by atoms with van der Waals surface area (Å²) in [4.78, 5) is 22.9. The maximum absolute atomic E-state index is 11.8. The standard InChI is InChI=1S/C18H18N2O4/c1-18(2)17(23)16(20-13-4-5-14(22)12(13)9-21)11-7-10(8-19)3-6-15(11)24-18/h3,6-7,9,16-17,20,23H,4-5H2,1-2H3. The van der Waals surface area contributed by atoms with Crippen LogP contribution in [0.15, 0.2) is 29.5 Å². The van der Waals surface area contributed by atoms with Gasteiger partial charge in [-0.25, -0.2) is 0 Å². The van der Waals surface area contributed by atoms with Crippen LogP contribution in [-0.4, -0.2) is 28.9 Å². The number of nitrogens with one attached hydrogen (secondary N) is 1. The molecule has 2 atom stereocenters. The van der Waals surface area contributed by atoms with Gasteiger partial charge in [0.25, 0.3) is 0 Å². The van der Waals surface area contributed by atoms with Gasteiger partial charge in [0.15, 0.2) is 12.1 Å². The first-order valence-corrected chi connectivity index (χ1v) is 7.76. The molecule has 0 amide bonds. The topological polar surface area (TPSA) is 99.4 Å². The van der Waals surface area contributed by atoms with E-state index in [1.165, 1.54) is 0 Å². The van der Waals surface area contributed by atoms with Crippen molar-refractivity contribution in [3.8, 4) is 11.8 Å². The molecule has 1 aromatic carbocycles. The molecule has 3 rings (SSSR count). The van der Waals surface area contributed by atoms with Gasteiger partial charge in [-0.3, -0.25) is 9.59 Å². The molecule has 1 aromatic rings. The van der Waals surface area contributed by atoms with Crippen LogP contribution in [0.4, 0.5) is 0 Å². The minimum absolute atomic E-state index is 0.129. The number of hydrogen-bond donors (Lipinski definition) is 2. The highest BCUT2D eigenvalue weighted by atomic mass is 16.5. The van der Waals surface area contributed by atoms with Crippen molar-refractivity contribution in [1.82, 2.24) is 5.32 Å². The highest BCUT2D eigenvalue weighted by molar-refractivity contribution is 6.14. The summed E-state index contributed by atoms with van der Waals surface area (Å²) in [5, 5.41) is 23.0. The number of ether oxygens (including phenoxy) is 1. The fourth-order valence-electron chi connectivity index (χ4n) is 3.18. The number of benzene rings is 1. The van der Waals surface area contributed by atoms with Gasteiger partial charge >= 0.3 is 0 Å². The van der Waals surface area contributed by atoms with Crippen LogP contribution in [0.25, 0.3) is 0 Å². The third-order valence-corrected chi connectivity index (χ3v) is 4.55. The highest BCUT2D eigenvalue weighted by Gasteiger charge is 2.43. The Hall–Kier alpha value is -2.65. The number of nitriles is 1. The Morgan fingerprint density at radius 1 is 1.42 bits per heavy atom. The summed E-state index contributed by atoms with van der Waals surface area (Å²) >= 11 is 0. The van der Waals surface area contributed by atoms with E-state index in [1.54, 1.807) is 32.0 Å². The lowest BCUT2D eigenvalue weighted by atomic mass is 9.85. The minimum Gasteiger partial charge on any atom is -0.485 e. The number of fused-ring (bicyclic) bond motifs is 1. The number of rotatable bonds is 3. The van der Waals surface area contributed by atoms with Crippen LogP contribution in [0.1, 0.15) is 43.9 Å². The predicted molar refractivity (Wildman–Crippen MR) is 85.1 cm³/mol. The summed E-state index contributed by atoms with van der Waals surface area (Å²) in [7, 11) is 0. The van der Waals surface area contributed by atoms with Gasteiger partial charge in [-0.05, 0) is 38.5 Å². The number of nitrogens with zero attached hydrogens (tertiary/aromatic N) is 1. The summed E-state index contributed by atoms with van der Waals surface area (Å²) < 4.78 is 5.85. The first-order chi connectivity index (χ1) is 11.4. The average Bonchev–Trinajstić information content (AvgIpc) is 2.91. The van der Waals surface area contributed by atoms with Crippen LogP contribution in [0.5, 0.6) is 5.75 Å². The SMILES string of the molecule is CC1(C)Oc2ccc(C#N)cc2C(NC2=C(C=O)C(=O)CC2)C1O. The van der Waals surface area contributed by atoms with E-state index in [-0.39, 0.29) is 17.8 Å². The van der Waals surface area contributed by atoms with E-state index in [0.717, 1.165) is 0 Å². The Labute approximate surface area is 139 Å². The van der Waals surface area contributed by atoms with Crippen molar-refractivity contribution >= 4 is 12.1 Å². The van der Waals surface area contributed by atoms with Crippen molar-refractivity contribution in [2.75, 3.05) is 0 Å². The summed E-state index contributed by atoms with van der Waals surface area (Å²) in [6.07, 6.45) is 0.353. The van der Waals surface area contributed by atoms with Crippen LogP contribution >= 0.6 is 0 Å². The number of Topliss-reactive ketones (excluding diaryl/α,β-unsaturated/α-hetero) is 1. The molecule has 0 aromatic heterocycles. The average molecular weight is 326 g/mol. The van der Waals surface area contributed by atoms with E-state index in [1.807, 2.05) is 0 Å². The largest absolute Gasteiger partial charge is 0.485 e. The molecule has 6 heteroatoms. The lowest BCUT2D eigenvalue weighted by Gasteiger charge is -2.43.